The Kier molecular flexibility index (Phi) is 4.78. The number of hydrogen-bond acceptors (Lipinski definition) is 4. The average Bonchev–Trinajstić information content (AvgIpc) is 2.79. The maximum atomic E-state index is 12.1. The third kappa shape index (κ3) is 4.11. The van der Waals surface area contributed by atoms with E-state index in [9.17, 15) is 13.2 Å². The van der Waals surface area contributed by atoms with E-state index in [2.05, 4.69) is 5.32 Å². The van der Waals surface area contributed by atoms with Gasteiger partial charge in [-0.3, -0.25) is 4.79 Å². The van der Waals surface area contributed by atoms with Crippen LogP contribution in [0.1, 0.15) is 12.0 Å². The number of sulfone groups is 1. The Morgan fingerprint density at radius 3 is 2.76 bits per heavy atom. The predicted molar refractivity (Wildman–Crippen MR) is 84.5 cm³/mol. The van der Waals surface area contributed by atoms with Crippen LogP contribution in [0, 0.1) is 6.92 Å². The van der Waals surface area contributed by atoms with Crippen molar-refractivity contribution in [3.63, 3.8) is 0 Å². The molecule has 1 aromatic carbocycles. The fraction of sp³-hybridized carbons (Fsp3) is 0.500. The molecular formula is C14H19ClN2O3S. The van der Waals surface area contributed by atoms with Crippen LogP contribution >= 0.6 is 11.6 Å². The van der Waals surface area contributed by atoms with E-state index >= 15 is 0 Å². The number of likely N-dealkylation sites (N-methyl/N-ethyl adjacent to an activating group) is 1. The number of benzene rings is 1. The van der Waals surface area contributed by atoms with Crippen LogP contribution in [-0.4, -0.2) is 50.4 Å². The predicted octanol–water partition coefficient (Wildman–Crippen LogP) is 1.71. The molecular weight excluding hydrogens is 312 g/mol. The number of carbonyl (C=O) groups excluding carboxylic acids is 1. The van der Waals surface area contributed by atoms with Crippen molar-refractivity contribution < 1.29 is 13.2 Å². The first-order chi connectivity index (χ1) is 9.78. The van der Waals surface area contributed by atoms with E-state index in [1.54, 1.807) is 13.1 Å². The molecule has 7 heteroatoms. The molecule has 1 aliphatic heterocycles. The van der Waals surface area contributed by atoms with Crippen molar-refractivity contribution in [2.24, 2.45) is 0 Å². The number of carbonyl (C=O) groups is 1. The molecule has 1 heterocycles. The minimum atomic E-state index is -2.98. The molecule has 1 saturated heterocycles. The van der Waals surface area contributed by atoms with E-state index in [4.69, 9.17) is 11.6 Å². The van der Waals surface area contributed by atoms with Gasteiger partial charge in [0.1, 0.15) is 0 Å². The van der Waals surface area contributed by atoms with Crippen LogP contribution in [0.2, 0.25) is 5.02 Å². The summed E-state index contributed by atoms with van der Waals surface area (Å²) in [6, 6.07) is 5.28. The lowest BCUT2D eigenvalue weighted by Gasteiger charge is -2.23. The molecule has 21 heavy (non-hydrogen) atoms. The van der Waals surface area contributed by atoms with Crippen molar-refractivity contribution in [1.29, 1.82) is 0 Å². The normalized spacial score (nSPS) is 20.2. The number of amides is 1. The molecule has 1 amide bonds. The number of hydrogen-bond donors (Lipinski definition) is 1. The lowest BCUT2D eigenvalue weighted by Crippen LogP contribution is -2.40. The van der Waals surface area contributed by atoms with Crippen LogP contribution in [0.4, 0.5) is 5.69 Å². The number of anilines is 1. The summed E-state index contributed by atoms with van der Waals surface area (Å²) >= 11 is 6.02. The molecule has 0 spiro atoms. The van der Waals surface area contributed by atoms with Crippen molar-refractivity contribution in [2.75, 3.05) is 30.4 Å². The summed E-state index contributed by atoms with van der Waals surface area (Å²) in [4.78, 5) is 13.6. The largest absolute Gasteiger partial charge is 0.376 e. The van der Waals surface area contributed by atoms with E-state index in [1.165, 1.54) is 4.90 Å². The Hall–Kier alpha value is -1.27. The third-order valence-corrected chi connectivity index (χ3v) is 5.92. The number of aryl methyl sites for hydroxylation is 1. The highest BCUT2D eigenvalue weighted by Gasteiger charge is 2.32. The van der Waals surface area contributed by atoms with Gasteiger partial charge in [-0.25, -0.2) is 8.42 Å². The molecule has 116 valence electrons. The molecule has 1 unspecified atom stereocenters. The van der Waals surface area contributed by atoms with E-state index in [-0.39, 0.29) is 30.0 Å². The van der Waals surface area contributed by atoms with Gasteiger partial charge in [-0.1, -0.05) is 17.7 Å². The van der Waals surface area contributed by atoms with E-state index < -0.39 is 9.84 Å². The fourth-order valence-electron chi connectivity index (χ4n) is 2.29. The summed E-state index contributed by atoms with van der Waals surface area (Å²) in [6.45, 7) is 2.03. The second-order valence-corrected chi connectivity index (χ2v) is 8.01. The minimum absolute atomic E-state index is 0.0611. The first-order valence-corrected chi connectivity index (χ1v) is 8.94. The molecule has 1 atom stereocenters. The van der Waals surface area contributed by atoms with E-state index in [1.807, 2.05) is 19.1 Å². The summed E-state index contributed by atoms with van der Waals surface area (Å²) in [6.07, 6.45) is 0.515. The zero-order valence-corrected chi connectivity index (χ0v) is 13.7. The van der Waals surface area contributed by atoms with Crippen LogP contribution in [0.25, 0.3) is 0 Å². The molecule has 0 saturated carbocycles. The van der Waals surface area contributed by atoms with Gasteiger partial charge in [-0.15, -0.1) is 0 Å². The van der Waals surface area contributed by atoms with Gasteiger partial charge in [0, 0.05) is 23.8 Å². The van der Waals surface area contributed by atoms with Gasteiger partial charge in [-0.05, 0) is 31.0 Å². The van der Waals surface area contributed by atoms with Gasteiger partial charge >= 0.3 is 0 Å². The first kappa shape index (κ1) is 16.1. The van der Waals surface area contributed by atoms with Crippen molar-refractivity contribution >= 4 is 33.0 Å². The highest BCUT2D eigenvalue weighted by molar-refractivity contribution is 7.91. The molecule has 5 nitrogen and oxygen atoms in total. The summed E-state index contributed by atoms with van der Waals surface area (Å²) in [5.74, 6) is 0.0933. The topological polar surface area (TPSA) is 66.5 Å². The first-order valence-electron chi connectivity index (χ1n) is 6.74. The summed E-state index contributed by atoms with van der Waals surface area (Å²) in [7, 11) is -1.33. The van der Waals surface area contributed by atoms with Crippen LogP contribution in [0.5, 0.6) is 0 Å². The van der Waals surface area contributed by atoms with Gasteiger partial charge in [0.2, 0.25) is 5.91 Å². The Morgan fingerprint density at radius 2 is 2.19 bits per heavy atom. The molecule has 1 N–H and O–H groups in total. The van der Waals surface area contributed by atoms with E-state index in [0.717, 1.165) is 11.3 Å². The monoisotopic (exact) mass is 330 g/mol. The lowest BCUT2D eigenvalue weighted by molar-refractivity contribution is -0.129. The highest BCUT2D eigenvalue weighted by Crippen LogP contribution is 2.20. The van der Waals surface area contributed by atoms with Crippen molar-refractivity contribution in [3.05, 3.63) is 28.8 Å². The molecule has 0 radical (unpaired) electrons. The van der Waals surface area contributed by atoms with Crippen molar-refractivity contribution in [1.82, 2.24) is 4.90 Å². The smallest absolute Gasteiger partial charge is 0.241 e. The average molecular weight is 331 g/mol. The van der Waals surface area contributed by atoms with Gasteiger partial charge in [0.05, 0.1) is 18.1 Å². The standard InChI is InChI=1S/C14H19ClN2O3S/c1-10-3-4-11(7-13(10)15)16-8-14(18)17(2)12-5-6-21(19,20)9-12/h3-4,7,12,16H,5-6,8-9H2,1-2H3. The van der Waals surface area contributed by atoms with Gasteiger partial charge in [0.15, 0.2) is 9.84 Å². The molecule has 0 aromatic heterocycles. The SMILES string of the molecule is Cc1ccc(NCC(=O)N(C)C2CCS(=O)(=O)C2)cc1Cl. The summed E-state index contributed by atoms with van der Waals surface area (Å²) in [5.41, 5.74) is 1.74. The van der Waals surface area contributed by atoms with Gasteiger partial charge in [0.25, 0.3) is 0 Å². The van der Waals surface area contributed by atoms with Crippen LogP contribution < -0.4 is 5.32 Å². The lowest BCUT2D eigenvalue weighted by atomic mass is 10.2. The Bertz CT molecular complexity index is 646. The number of nitrogens with zero attached hydrogens (tertiary/aromatic N) is 1. The van der Waals surface area contributed by atoms with Crippen LogP contribution in [-0.2, 0) is 14.6 Å². The van der Waals surface area contributed by atoms with Crippen molar-refractivity contribution in [3.8, 4) is 0 Å². The molecule has 1 fully saturated rings. The summed E-state index contributed by atoms with van der Waals surface area (Å²) < 4.78 is 22.9. The zero-order chi connectivity index (χ0) is 15.6. The van der Waals surface area contributed by atoms with Crippen molar-refractivity contribution in [2.45, 2.75) is 19.4 Å². The van der Waals surface area contributed by atoms with Crippen LogP contribution in [0.3, 0.4) is 0 Å². The molecule has 1 aliphatic rings. The number of halogens is 1. The Morgan fingerprint density at radius 1 is 1.48 bits per heavy atom. The Balaban J connectivity index is 1.91. The molecule has 1 aromatic rings. The maximum Gasteiger partial charge on any atom is 0.241 e. The third-order valence-electron chi connectivity index (χ3n) is 3.77. The highest BCUT2D eigenvalue weighted by atomic mass is 35.5. The molecule has 2 rings (SSSR count). The van der Waals surface area contributed by atoms with Crippen LogP contribution in [0.15, 0.2) is 18.2 Å². The summed E-state index contributed by atoms with van der Waals surface area (Å²) in [5, 5.41) is 3.65. The van der Waals surface area contributed by atoms with E-state index in [0.29, 0.717) is 11.4 Å². The molecule has 0 aliphatic carbocycles. The van der Waals surface area contributed by atoms with Gasteiger partial charge in [-0.2, -0.15) is 0 Å². The number of rotatable bonds is 4. The maximum absolute atomic E-state index is 12.1. The fourth-order valence-corrected chi connectivity index (χ4v) is 4.24. The Labute approximate surface area is 130 Å². The second kappa shape index (κ2) is 6.23. The quantitative estimate of drug-likeness (QED) is 0.912. The van der Waals surface area contributed by atoms with Gasteiger partial charge < -0.3 is 10.2 Å². The zero-order valence-electron chi connectivity index (χ0n) is 12.1. The second-order valence-electron chi connectivity index (χ2n) is 5.38. The molecule has 0 bridgehead atoms. The number of nitrogens with one attached hydrogen (secondary N) is 1. The minimum Gasteiger partial charge on any atom is -0.376 e.